The van der Waals surface area contributed by atoms with Crippen molar-refractivity contribution >= 4 is 33.2 Å². The number of fused-ring (bicyclic) bond motifs is 1. The van der Waals surface area contributed by atoms with Crippen molar-refractivity contribution in [2.45, 2.75) is 12.7 Å². The van der Waals surface area contributed by atoms with E-state index in [1.807, 2.05) is 23.1 Å². The second-order valence-corrected chi connectivity index (χ2v) is 6.00. The Kier molecular flexibility index (Phi) is 4.27. The first kappa shape index (κ1) is 12.0. The second kappa shape index (κ2) is 5.71. The molecule has 0 aliphatic rings. The van der Waals surface area contributed by atoms with Crippen molar-refractivity contribution in [3.8, 4) is 0 Å². The van der Waals surface area contributed by atoms with Crippen molar-refractivity contribution in [1.82, 2.24) is 0 Å². The first-order valence-corrected chi connectivity index (χ1v) is 7.48. The van der Waals surface area contributed by atoms with Crippen molar-refractivity contribution < 1.29 is 5.11 Å². The standard InChI is InChI=1S/C13H16OS2/c1-10(6-14)7-15-8-11-9-16-13-5-3-2-4-12(11)13/h2-5,9-10,14H,6-8H2,1H3. The third-order valence-corrected chi connectivity index (χ3v) is 4.86. The van der Waals surface area contributed by atoms with Crippen molar-refractivity contribution in [3.63, 3.8) is 0 Å². The molecule has 0 bridgehead atoms. The van der Waals surface area contributed by atoms with Gasteiger partial charge < -0.3 is 5.11 Å². The molecule has 0 fully saturated rings. The fraction of sp³-hybridized carbons (Fsp3) is 0.385. The van der Waals surface area contributed by atoms with E-state index in [1.165, 1.54) is 15.6 Å². The molecule has 1 aromatic carbocycles. The average Bonchev–Trinajstić information content (AvgIpc) is 2.73. The van der Waals surface area contributed by atoms with Crippen LogP contribution in [0.4, 0.5) is 0 Å². The van der Waals surface area contributed by atoms with Crippen LogP contribution in [-0.4, -0.2) is 17.5 Å². The summed E-state index contributed by atoms with van der Waals surface area (Å²) >= 11 is 3.72. The van der Waals surface area contributed by atoms with Crippen molar-refractivity contribution in [2.24, 2.45) is 5.92 Å². The summed E-state index contributed by atoms with van der Waals surface area (Å²) in [4.78, 5) is 0. The molecule has 3 heteroatoms. The normalized spacial score (nSPS) is 13.1. The van der Waals surface area contributed by atoms with Crippen LogP contribution in [0.1, 0.15) is 12.5 Å². The summed E-state index contributed by atoms with van der Waals surface area (Å²) in [7, 11) is 0. The van der Waals surface area contributed by atoms with Gasteiger partial charge in [-0.25, -0.2) is 0 Å². The summed E-state index contributed by atoms with van der Waals surface area (Å²) in [5.41, 5.74) is 1.43. The Morgan fingerprint density at radius 1 is 1.38 bits per heavy atom. The van der Waals surface area contributed by atoms with Crippen molar-refractivity contribution in [1.29, 1.82) is 0 Å². The number of aliphatic hydroxyl groups excluding tert-OH is 1. The number of benzene rings is 1. The largest absolute Gasteiger partial charge is 0.396 e. The lowest BCUT2D eigenvalue weighted by atomic mass is 10.2. The SMILES string of the molecule is CC(CO)CSCc1csc2ccccc12. The number of rotatable bonds is 5. The quantitative estimate of drug-likeness (QED) is 0.874. The Morgan fingerprint density at radius 3 is 3.00 bits per heavy atom. The van der Waals surface area contributed by atoms with Gasteiger partial charge in [0, 0.05) is 17.1 Å². The zero-order chi connectivity index (χ0) is 11.4. The molecule has 0 spiro atoms. The minimum absolute atomic E-state index is 0.289. The molecule has 1 atom stereocenters. The molecular weight excluding hydrogens is 236 g/mol. The minimum atomic E-state index is 0.289. The van der Waals surface area contributed by atoms with E-state index in [9.17, 15) is 0 Å². The maximum atomic E-state index is 8.95. The summed E-state index contributed by atoms with van der Waals surface area (Å²) in [6, 6.07) is 8.55. The molecule has 1 nitrogen and oxygen atoms in total. The van der Waals surface area contributed by atoms with Crippen LogP contribution in [0.5, 0.6) is 0 Å². The van der Waals surface area contributed by atoms with E-state index >= 15 is 0 Å². The highest BCUT2D eigenvalue weighted by Gasteiger charge is 2.05. The van der Waals surface area contributed by atoms with Crippen LogP contribution < -0.4 is 0 Å². The first-order chi connectivity index (χ1) is 7.81. The van der Waals surface area contributed by atoms with Gasteiger partial charge in [-0.3, -0.25) is 0 Å². The highest BCUT2D eigenvalue weighted by molar-refractivity contribution is 7.98. The Hall–Kier alpha value is -0.510. The molecule has 0 saturated heterocycles. The van der Waals surface area contributed by atoms with E-state index in [0.29, 0.717) is 5.92 Å². The molecule has 0 aliphatic heterocycles. The summed E-state index contributed by atoms with van der Waals surface area (Å²) < 4.78 is 1.37. The van der Waals surface area contributed by atoms with E-state index in [4.69, 9.17) is 5.11 Å². The highest BCUT2D eigenvalue weighted by atomic mass is 32.2. The third kappa shape index (κ3) is 2.78. The predicted molar refractivity (Wildman–Crippen MR) is 74.2 cm³/mol. The molecule has 16 heavy (non-hydrogen) atoms. The highest BCUT2D eigenvalue weighted by Crippen LogP contribution is 2.28. The van der Waals surface area contributed by atoms with Gasteiger partial charge in [0.05, 0.1) is 0 Å². The second-order valence-electron chi connectivity index (χ2n) is 4.06. The van der Waals surface area contributed by atoms with Crippen LogP contribution in [-0.2, 0) is 5.75 Å². The lowest BCUT2D eigenvalue weighted by Gasteiger charge is -2.06. The molecule has 1 unspecified atom stereocenters. The third-order valence-electron chi connectivity index (χ3n) is 2.53. The van der Waals surface area contributed by atoms with Gasteiger partial charge in [-0.2, -0.15) is 11.8 Å². The fourth-order valence-corrected chi connectivity index (χ4v) is 3.72. The topological polar surface area (TPSA) is 20.2 Å². The van der Waals surface area contributed by atoms with Gasteiger partial charge in [-0.1, -0.05) is 25.1 Å². The van der Waals surface area contributed by atoms with Crippen molar-refractivity contribution in [3.05, 3.63) is 35.2 Å². The van der Waals surface area contributed by atoms with E-state index < -0.39 is 0 Å². The van der Waals surface area contributed by atoms with Gasteiger partial charge in [0.25, 0.3) is 0 Å². The lowest BCUT2D eigenvalue weighted by molar-refractivity contribution is 0.250. The van der Waals surface area contributed by atoms with Gasteiger partial charge >= 0.3 is 0 Å². The average molecular weight is 252 g/mol. The molecule has 1 heterocycles. The molecular formula is C13H16OS2. The number of thiophene rings is 1. The van der Waals surface area contributed by atoms with Crippen LogP contribution in [0, 0.1) is 5.92 Å². The van der Waals surface area contributed by atoms with Crippen molar-refractivity contribution in [2.75, 3.05) is 12.4 Å². The van der Waals surface area contributed by atoms with Gasteiger partial charge in [0.2, 0.25) is 0 Å². The van der Waals surface area contributed by atoms with Crippen LogP contribution in [0.2, 0.25) is 0 Å². The van der Waals surface area contributed by atoms with E-state index in [1.54, 1.807) is 0 Å². The Balaban J connectivity index is 1.99. The molecule has 1 aromatic heterocycles. The van der Waals surface area contributed by atoms with Crippen LogP contribution in [0.3, 0.4) is 0 Å². The maximum absolute atomic E-state index is 8.95. The van der Waals surface area contributed by atoms with Gasteiger partial charge in [0.15, 0.2) is 0 Å². The first-order valence-electron chi connectivity index (χ1n) is 5.45. The summed E-state index contributed by atoms with van der Waals surface area (Å²) in [6.45, 7) is 2.37. The summed E-state index contributed by atoms with van der Waals surface area (Å²) in [5, 5.41) is 12.6. The fourth-order valence-electron chi connectivity index (χ4n) is 1.57. The number of thioether (sulfide) groups is 1. The van der Waals surface area contributed by atoms with E-state index in [0.717, 1.165) is 11.5 Å². The Morgan fingerprint density at radius 2 is 2.19 bits per heavy atom. The number of hydrogen-bond donors (Lipinski definition) is 1. The number of aliphatic hydroxyl groups is 1. The molecule has 0 aliphatic carbocycles. The van der Waals surface area contributed by atoms with E-state index in [2.05, 4.69) is 36.6 Å². The molecule has 0 saturated carbocycles. The smallest absolute Gasteiger partial charge is 0.0464 e. The van der Waals surface area contributed by atoms with Crippen LogP contribution >= 0.6 is 23.1 Å². The Bertz CT molecular complexity index is 450. The summed E-state index contributed by atoms with van der Waals surface area (Å²) in [5.74, 6) is 2.48. The van der Waals surface area contributed by atoms with Crippen LogP contribution in [0.15, 0.2) is 29.6 Å². The zero-order valence-corrected chi connectivity index (χ0v) is 11.0. The van der Waals surface area contributed by atoms with Gasteiger partial charge in [-0.15, -0.1) is 11.3 Å². The molecule has 86 valence electrons. The van der Waals surface area contributed by atoms with Crippen LogP contribution in [0.25, 0.3) is 10.1 Å². The monoisotopic (exact) mass is 252 g/mol. The van der Waals surface area contributed by atoms with E-state index in [-0.39, 0.29) is 6.61 Å². The molecule has 2 rings (SSSR count). The molecule has 0 amide bonds. The zero-order valence-electron chi connectivity index (χ0n) is 9.35. The van der Waals surface area contributed by atoms with Gasteiger partial charge in [0.1, 0.15) is 0 Å². The molecule has 0 radical (unpaired) electrons. The number of hydrogen-bond acceptors (Lipinski definition) is 3. The molecule has 2 aromatic rings. The summed E-state index contributed by atoms with van der Waals surface area (Å²) in [6.07, 6.45) is 0. The Labute approximate surface area is 104 Å². The predicted octanol–water partition coefficient (Wildman–Crippen LogP) is 3.76. The van der Waals surface area contributed by atoms with Gasteiger partial charge in [-0.05, 0) is 34.1 Å². The maximum Gasteiger partial charge on any atom is 0.0464 e. The lowest BCUT2D eigenvalue weighted by Crippen LogP contribution is -2.03. The molecule has 1 N–H and O–H groups in total. The minimum Gasteiger partial charge on any atom is -0.396 e.